The summed E-state index contributed by atoms with van der Waals surface area (Å²) in [5, 5.41) is 8.16. The molecule has 1 aromatic carbocycles. The summed E-state index contributed by atoms with van der Waals surface area (Å²) in [6.45, 7) is 5.43. The Hall–Kier alpha value is -2.44. The molecule has 1 amide bonds. The van der Waals surface area contributed by atoms with Gasteiger partial charge in [0.2, 0.25) is 0 Å². The third kappa shape index (κ3) is 3.55. The molecule has 0 radical (unpaired) electrons. The lowest BCUT2D eigenvalue weighted by Crippen LogP contribution is -2.33. The van der Waals surface area contributed by atoms with Crippen LogP contribution in [0.5, 0.6) is 5.75 Å². The van der Waals surface area contributed by atoms with Crippen molar-refractivity contribution < 1.29 is 13.9 Å². The first kappa shape index (κ1) is 16.4. The molecule has 0 N–H and O–H groups in total. The van der Waals surface area contributed by atoms with Crippen molar-refractivity contribution in [3.63, 3.8) is 0 Å². The van der Waals surface area contributed by atoms with Gasteiger partial charge >= 0.3 is 0 Å². The van der Waals surface area contributed by atoms with E-state index in [1.807, 2.05) is 0 Å². The molecule has 1 aliphatic rings. The Kier molecular flexibility index (Phi) is 4.78. The van der Waals surface area contributed by atoms with Gasteiger partial charge in [-0.2, -0.15) is 0 Å². The molecule has 2 heterocycles. The highest BCUT2D eigenvalue weighted by Gasteiger charge is 2.29. The van der Waals surface area contributed by atoms with E-state index in [0.717, 1.165) is 12.2 Å². The fraction of sp³-hybridized carbons (Fsp3) is 0.471. The van der Waals surface area contributed by atoms with Gasteiger partial charge < -0.3 is 14.2 Å². The molecule has 1 unspecified atom stereocenters. The van der Waals surface area contributed by atoms with Gasteiger partial charge in [-0.05, 0) is 30.7 Å². The molecule has 0 saturated carbocycles. The molecular weight excluding hydrogens is 311 g/mol. The third-order valence-corrected chi connectivity index (χ3v) is 4.20. The standard InChI is InChI=1S/C17H21FN4O2/c1-12(2)17-20-19-11-22(17)14-7-8-21(9-14)16(23)10-24-15-5-3-13(18)4-6-15/h3-6,11-12,14H,7-10H2,1-2H3. The molecule has 1 fully saturated rings. The van der Waals surface area contributed by atoms with Gasteiger partial charge in [-0.25, -0.2) is 4.39 Å². The lowest BCUT2D eigenvalue weighted by atomic mass is 10.2. The highest BCUT2D eigenvalue weighted by molar-refractivity contribution is 5.78. The lowest BCUT2D eigenvalue weighted by molar-refractivity contribution is -0.132. The van der Waals surface area contributed by atoms with Crippen molar-refractivity contribution in [2.75, 3.05) is 19.7 Å². The maximum Gasteiger partial charge on any atom is 0.260 e. The first-order chi connectivity index (χ1) is 11.5. The second-order valence-corrected chi connectivity index (χ2v) is 6.28. The number of halogens is 1. The summed E-state index contributed by atoms with van der Waals surface area (Å²) < 4.78 is 20.4. The Bertz CT molecular complexity index is 699. The zero-order valence-corrected chi connectivity index (χ0v) is 13.9. The van der Waals surface area contributed by atoms with Crippen LogP contribution in [-0.2, 0) is 4.79 Å². The summed E-state index contributed by atoms with van der Waals surface area (Å²) in [6, 6.07) is 5.85. The van der Waals surface area contributed by atoms with Crippen LogP contribution in [0.15, 0.2) is 30.6 Å². The highest BCUT2D eigenvalue weighted by atomic mass is 19.1. The molecule has 128 valence electrons. The van der Waals surface area contributed by atoms with Crippen LogP contribution in [-0.4, -0.2) is 45.3 Å². The Morgan fingerprint density at radius 3 is 2.83 bits per heavy atom. The number of hydrogen-bond acceptors (Lipinski definition) is 4. The number of nitrogens with zero attached hydrogens (tertiary/aromatic N) is 4. The average molecular weight is 332 g/mol. The predicted octanol–water partition coefficient (Wildman–Crippen LogP) is 2.39. The zero-order chi connectivity index (χ0) is 17.1. The maximum atomic E-state index is 12.9. The molecule has 2 aromatic rings. The summed E-state index contributed by atoms with van der Waals surface area (Å²) in [5.41, 5.74) is 0. The normalized spacial score (nSPS) is 17.5. The van der Waals surface area contributed by atoms with E-state index in [2.05, 4.69) is 28.6 Å². The minimum atomic E-state index is -0.328. The smallest absolute Gasteiger partial charge is 0.260 e. The van der Waals surface area contributed by atoms with Crippen LogP contribution in [0.2, 0.25) is 0 Å². The molecule has 1 atom stereocenters. The van der Waals surface area contributed by atoms with Gasteiger partial charge in [0.1, 0.15) is 23.7 Å². The van der Waals surface area contributed by atoms with Crippen molar-refractivity contribution in [1.29, 1.82) is 0 Å². The number of ether oxygens (including phenoxy) is 1. The summed E-state index contributed by atoms with van der Waals surface area (Å²) in [5.74, 6) is 1.32. The Labute approximate surface area is 140 Å². The quantitative estimate of drug-likeness (QED) is 0.843. The predicted molar refractivity (Wildman–Crippen MR) is 86.2 cm³/mol. The highest BCUT2D eigenvalue weighted by Crippen LogP contribution is 2.25. The van der Waals surface area contributed by atoms with Crippen molar-refractivity contribution in [2.24, 2.45) is 0 Å². The van der Waals surface area contributed by atoms with E-state index < -0.39 is 0 Å². The van der Waals surface area contributed by atoms with Crippen molar-refractivity contribution in [3.05, 3.63) is 42.2 Å². The summed E-state index contributed by atoms with van der Waals surface area (Å²) in [7, 11) is 0. The van der Waals surface area contributed by atoms with Crippen LogP contribution >= 0.6 is 0 Å². The summed E-state index contributed by atoms with van der Waals surface area (Å²) in [6.07, 6.45) is 2.61. The number of carbonyl (C=O) groups is 1. The third-order valence-electron chi connectivity index (χ3n) is 4.20. The molecule has 1 saturated heterocycles. The molecule has 3 rings (SSSR count). The topological polar surface area (TPSA) is 60.2 Å². The molecule has 1 aromatic heterocycles. The van der Waals surface area contributed by atoms with E-state index >= 15 is 0 Å². The van der Waals surface area contributed by atoms with Gasteiger partial charge in [0.05, 0.1) is 6.04 Å². The number of likely N-dealkylation sites (tertiary alicyclic amines) is 1. The van der Waals surface area contributed by atoms with Crippen LogP contribution < -0.4 is 4.74 Å². The molecule has 7 heteroatoms. The van der Waals surface area contributed by atoms with E-state index in [1.54, 1.807) is 11.2 Å². The number of amides is 1. The number of benzene rings is 1. The largest absolute Gasteiger partial charge is 0.484 e. The summed E-state index contributed by atoms with van der Waals surface area (Å²) >= 11 is 0. The second-order valence-electron chi connectivity index (χ2n) is 6.28. The van der Waals surface area contributed by atoms with Crippen LogP contribution in [0.1, 0.15) is 38.1 Å². The van der Waals surface area contributed by atoms with Gasteiger partial charge in [0.15, 0.2) is 6.61 Å². The fourth-order valence-electron chi connectivity index (χ4n) is 2.91. The van der Waals surface area contributed by atoms with Gasteiger partial charge in [0, 0.05) is 19.0 Å². The minimum Gasteiger partial charge on any atom is -0.484 e. The van der Waals surface area contributed by atoms with Crippen molar-refractivity contribution in [1.82, 2.24) is 19.7 Å². The molecule has 0 spiro atoms. The van der Waals surface area contributed by atoms with E-state index in [1.165, 1.54) is 24.3 Å². The molecule has 1 aliphatic heterocycles. The molecule has 0 bridgehead atoms. The summed E-state index contributed by atoms with van der Waals surface area (Å²) in [4.78, 5) is 14.1. The molecule has 24 heavy (non-hydrogen) atoms. The molecule has 0 aliphatic carbocycles. The van der Waals surface area contributed by atoms with Gasteiger partial charge in [0.25, 0.3) is 5.91 Å². The van der Waals surface area contributed by atoms with Gasteiger partial charge in [-0.3, -0.25) is 4.79 Å². The van der Waals surface area contributed by atoms with E-state index in [-0.39, 0.29) is 24.4 Å². The van der Waals surface area contributed by atoms with Gasteiger partial charge in [-0.1, -0.05) is 13.8 Å². The Morgan fingerprint density at radius 1 is 1.38 bits per heavy atom. The number of carbonyl (C=O) groups excluding carboxylic acids is 1. The van der Waals surface area contributed by atoms with Crippen molar-refractivity contribution >= 4 is 5.91 Å². The Morgan fingerprint density at radius 2 is 2.12 bits per heavy atom. The van der Waals surface area contributed by atoms with Crippen LogP contribution in [0.3, 0.4) is 0 Å². The molecular formula is C17H21FN4O2. The minimum absolute atomic E-state index is 0.0441. The maximum absolute atomic E-state index is 12.9. The van der Waals surface area contributed by atoms with Crippen molar-refractivity contribution in [3.8, 4) is 5.75 Å². The van der Waals surface area contributed by atoms with E-state index in [9.17, 15) is 9.18 Å². The zero-order valence-electron chi connectivity index (χ0n) is 13.9. The second kappa shape index (κ2) is 6.98. The molecule has 6 nitrogen and oxygen atoms in total. The monoisotopic (exact) mass is 332 g/mol. The van der Waals surface area contributed by atoms with Gasteiger partial charge in [-0.15, -0.1) is 10.2 Å². The van der Waals surface area contributed by atoms with Crippen LogP contribution in [0.25, 0.3) is 0 Å². The fourth-order valence-corrected chi connectivity index (χ4v) is 2.91. The average Bonchev–Trinajstić information content (AvgIpc) is 3.22. The lowest BCUT2D eigenvalue weighted by Gasteiger charge is -2.18. The Balaban J connectivity index is 1.56. The number of aromatic nitrogens is 3. The van der Waals surface area contributed by atoms with E-state index in [0.29, 0.717) is 24.8 Å². The van der Waals surface area contributed by atoms with Crippen molar-refractivity contribution in [2.45, 2.75) is 32.2 Å². The van der Waals surface area contributed by atoms with Crippen LogP contribution in [0, 0.1) is 5.82 Å². The number of hydrogen-bond donors (Lipinski definition) is 0. The first-order valence-corrected chi connectivity index (χ1v) is 8.10. The number of rotatable bonds is 5. The SMILES string of the molecule is CC(C)c1nncn1C1CCN(C(=O)COc2ccc(F)cc2)C1. The first-order valence-electron chi connectivity index (χ1n) is 8.10. The van der Waals surface area contributed by atoms with E-state index in [4.69, 9.17) is 4.74 Å². The van der Waals surface area contributed by atoms with Crippen LogP contribution in [0.4, 0.5) is 4.39 Å².